The van der Waals surface area contributed by atoms with E-state index in [1.807, 2.05) is 0 Å². The van der Waals surface area contributed by atoms with Crippen molar-refractivity contribution >= 4 is 11.9 Å². The fourth-order valence-corrected chi connectivity index (χ4v) is 1.53. The third-order valence-electron chi connectivity index (χ3n) is 1.48. The van der Waals surface area contributed by atoms with E-state index in [9.17, 15) is 4.91 Å². The van der Waals surface area contributed by atoms with Crippen LogP contribution in [0.15, 0.2) is 4.58 Å². The van der Waals surface area contributed by atoms with Gasteiger partial charge < -0.3 is 5.32 Å². The monoisotopic (exact) mass is 146 g/mol. The minimum absolute atomic E-state index is 0.476. The summed E-state index contributed by atoms with van der Waals surface area (Å²) >= 11 is 1.18. The summed E-state index contributed by atoms with van der Waals surface area (Å²) in [5.41, 5.74) is 0. The highest BCUT2D eigenvalue weighted by Gasteiger charge is 2.12. The van der Waals surface area contributed by atoms with E-state index in [1.165, 1.54) is 11.9 Å². The lowest BCUT2D eigenvalue weighted by molar-refractivity contribution is 0.532. The molecule has 52 valence electrons. The first kappa shape index (κ1) is 7.02. The van der Waals surface area contributed by atoms with Crippen molar-refractivity contribution < 1.29 is 0 Å². The van der Waals surface area contributed by atoms with Gasteiger partial charge in [0, 0.05) is 21.8 Å². The molecule has 0 bridgehead atoms. The summed E-state index contributed by atoms with van der Waals surface area (Å²) < 4.78 is 2.80. The van der Waals surface area contributed by atoms with Gasteiger partial charge in [-0.25, -0.2) is 0 Å². The van der Waals surface area contributed by atoms with Crippen LogP contribution >= 0.6 is 11.9 Å². The molecule has 1 aliphatic heterocycles. The first-order valence-electron chi connectivity index (χ1n) is 3.12. The molecule has 0 saturated carbocycles. The average molecular weight is 146 g/mol. The van der Waals surface area contributed by atoms with E-state index in [0.29, 0.717) is 5.25 Å². The molecule has 4 heteroatoms. The first-order chi connectivity index (χ1) is 4.43. The Kier molecular flexibility index (Phi) is 3.00. The Balaban J connectivity index is 2.15. The number of hydrogen-bond acceptors (Lipinski definition) is 4. The molecule has 1 rings (SSSR count). The van der Waals surface area contributed by atoms with Crippen LogP contribution in [0.25, 0.3) is 0 Å². The predicted octanol–water partition coefficient (Wildman–Crippen LogP) is 1.15. The zero-order valence-corrected chi connectivity index (χ0v) is 5.99. The van der Waals surface area contributed by atoms with Crippen LogP contribution in [0.5, 0.6) is 0 Å². The van der Waals surface area contributed by atoms with Crippen LogP contribution in [-0.4, -0.2) is 18.3 Å². The second-order valence-electron chi connectivity index (χ2n) is 2.13. The van der Waals surface area contributed by atoms with Crippen LogP contribution in [0.3, 0.4) is 0 Å². The summed E-state index contributed by atoms with van der Waals surface area (Å²) in [5, 5.41) is 3.69. The Hall–Kier alpha value is -0.0900. The average Bonchev–Trinajstić information content (AvgIpc) is 1.91. The molecule has 0 aliphatic carbocycles. The largest absolute Gasteiger partial charge is 0.317 e. The van der Waals surface area contributed by atoms with Gasteiger partial charge in [-0.05, 0) is 25.9 Å². The SMILES string of the molecule is O=NSC1CCNCC1. The summed E-state index contributed by atoms with van der Waals surface area (Å²) in [4.78, 5) is 9.77. The Morgan fingerprint density at radius 1 is 1.44 bits per heavy atom. The lowest BCUT2D eigenvalue weighted by Crippen LogP contribution is -2.28. The third kappa shape index (κ3) is 2.32. The van der Waals surface area contributed by atoms with E-state index in [-0.39, 0.29) is 0 Å². The molecule has 9 heavy (non-hydrogen) atoms. The van der Waals surface area contributed by atoms with Gasteiger partial charge in [-0.2, -0.15) is 0 Å². The van der Waals surface area contributed by atoms with Crippen molar-refractivity contribution in [1.82, 2.24) is 5.32 Å². The molecule has 0 unspecified atom stereocenters. The normalized spacial score (nSPS) is 21.8. The molecular weight excluding hydrogens is 136 g/mol. The van der Waals surface area contributed by atoms with Gasteiger partial charge in [-0.1, -0.05) is 0 Å². The van der Waals surface area contributed by atoms with Crippen LogP contribution in [0.2, 0.25) is 0 Å². The van der Waals surface area contributed by atoms with Crippen molar-refractivity contribution in [3.63, 3.8) is 0 Å². The number of rotatable bonds is 2. The van der Waals surface area contributed by atoms with Crippen LogP contribution < -0.4 is 5.32 Å². The molecule has 1 aliphatic rings. The van der Waals surface area contributed by atoms with Crippen molar-refractivity contribution in [1.29, 1.82) is 0 Å². The van der Waals surface area contributed by atoms with E-state index in [4.69, 9.17) is 0 Å². The minimum Gasteiger partial charge on any atom is -0.317 e. The zero-order valence-electron chi connectivity index (χ0n) is 5.17. The highest BCUT2D eigenvalue weighted by Crippen LogP contribution is 2.19. The molecule has 1 saturated heterocycles. The molecular formula is C5H10N2OS. The minimum atomic E-state index is 0.476. The summed E-state index contributed by atoms with van der Waals surface area (Å²) in [6.07, 6.45) is 2.16. The lowest BCUT2D eigenvalue weighted by Gasteiger charge is -2.18. The highest BCUT2D eigenvalue weighted by atomic mass is 32.2. The van der Waals surface area contributed by atoms with Crippen LogP contribution in [-0.2, 0) is 0 Å². The molecule has 0 atom stereocenters. The van der Waals surface area contributed by atoms with Crippen molar-refractivity contribution in [2.45, 2.75) is 18.1 Å². The second kappa shape index (κ2) is 3.85. The maximum Gasteiger partial charge on any atom is 0.0324 e. The van der Waals surface area contributed by atoms with E-state index < -0.39 is 0 Å². The van der Waals surface area contributed by atoms with E-state index in [2.05, 4.69) is 9.90 Å². The number of nitrogens with one attached hydrogen (secondary N) is 1. The smallest absolute Gasteiger partial charge is 0.0324 e. The Morgan fingerprint density at radius 3 is 2.67 bits per heavy atom. The van der Waals surface area contributed by atoms with Gasteiger partial charge >= 0.3 is 0 Å². The molecule has 0 radical (unpaired) electrons. The standard InChI is InChI=1S/C5H10N2OS/c8-7-9-5-1-3-6-4-2-5/h5-6H,1-4H2. The molecule has 0 amide bonds. The quantitative estimate of drug-likeness (QED) is 0.469. The second-order valence-corrected chi connectivity index (χ2v) is 3.16. The zero-order chi connectivity index (χ0) is 6.53. The van der Waals surface area contributed by atoms with Gasteiger partial charge in [-0.3, -0.25) is 0 Å². The van der Waals surface area contributed by atoms with Gasteiger partial charge in [0.1, 0.15) is 0 Å². The van der Waals surface area contributed by atoms with Gasteiger partial charge in [0.2, 0.25) is 0 Å². The first-order valence-corrected chi connectivity index (χ1v) is 3.96. The van der Waals surface area contributed by atoms with Crippen LogP contribution in [0.1, 0.15) is 12.8 Å². The summed E-state index contributed by atoms with van der Waals surface area (Å²) in [5.74, 6) is 0. The third-order valence-corrected chi connectivity index (χ3v) is 2.33. The van der Waals surface area contributed by atoms with Crippen molar-refractivity contribution in [3.05, 3.63) is 4.91 Å². The molecule has 1 N–H and O–H groups in total. The van der Waals surface area contributed by atoms with E-state index in [0.717, 1.165) is 25.9 Å². The molecule has 1 fully saturated rings. The summed E-state index contributed by atoms with van der Waals surface area (Å²) in [7, 11) is 0. The van der Waals surface area contributed by atoms with E-state index in [1.54, 1.807) is 0 Å². The molecule has 0 aromatic heterocycles. The molecule has 0 aromatic rings. The lowest BCUT2D eigenvalue weighted by atomic mass is 10.2. The number of nitroso groups, excluding NO2 is 1. The number of piperidine rings is 1. The highest BCUT2D eigenvalue weighted by molar-refractivity contribution is 7.98. The topological polar surface area (TPSA) is 41.5 Å². The Morgan fingerprint density at radius 2 is 2.11 bits per heavy atom. The van der Waals surface area contributed by atoms with Crippen molar-refractivity contribution in [2.24, 2.45) is 4.58 Å². The molecule has 1 heterocycles. The molecule has 0 aromatic carbocycles. The number of nitrogens with zero attached hydrogens (tertiary/aromatic N) is 1. The van der Waals surface area contributed by atoms with Crippen molar-refractivity contribution in [3.8, 4) is 0 Å². The molecule has 3 nitrogen and oxygen atoms in total. The van der Waals surface area contributed by atoms with E-state index >= 15 is 0 Å². The van der Waals surface area contributed by atoms with Crippen LogP contribution in [0.4, 0.5) is 0 Å². The van der Waals surface area contributed by atoms with Gasteiger partial charge in [0.15, 0.2) is 0 Å². The number of hydrogen-bond donors (Lipinski definition) is 1. The summed E-state index contributed by atoms with van der Waals surface area (Å²) in [6, 6.07) is 0. The Bertz CT molecular complexity index is 93.0. The van der Waals surface area contributed by atoms with Crippen LogP contribution in [0, 0.1) is 4.91 Å². The summed E-state index contributed by atoms with van der Waals surface area (Å²) in [6.45, 7) is 2.07. The predicted molar refractivity (Wildman–Crippen MR) is 39.3 cm³/mol. The van der Waals surface area contributed by atoms with Crippen molar-refractivity contribution in [2.75, 3.05) is 13.1 Å². The molecule has 0 spiro atoms. The van der Waals surface area contributed by atoms with Gasteiger partial charge in [-0.15, -0.1) is 4.91 Å². The maximum atomic E-state index is 9.77. The fourth-order valence-electron chi connectivity index (χ4n) is 0.962. The Labute approximate surface area is 58.7 Å². The van der Waals surface area contributed by atoms with Gasteiger partial charge in [0.25, 0.3) is 0 Å². The fraction of sp³-hybridized carbons (Fsp3) is 1.00. The van der Waals surface area contributed by atoms with Gasteiger partial charge in [0.05, 0.1) is 0 Å². The maximum absolute atomic E-state index is 9.77.